The molecule has 6 nitrogen and oxygen atoms in total. The maximum absolute atomic E-state index is 5.36. The molecule has 21 heavy (non-hydrogen) atoms. The van der Waals surface area contributed by atoms with Crippen molar-refractivity contribution in [3.8, 4) is 5.69 Å². The highest BCUT2D eigenvalue weighted by atomic mass is 32.2. The summed E-state index contributed by atoms with van der Waals surface area (Å²) in [6, 6.07) is 9.95. The summed E-state index contributed by atoms with van der Waals surface area (Å²) >= 11 is 1.66. The topological polar surface area (TPSA) is 64.9 Å². The number of thioether (sulfide) groups is 1. The third-order valence-electron chi connectivity index (χ3n) is 3.41. The van der Waals surface area contributed by atoms with Crippen molar-refractivity contribution in [3.05, 3.63) is 30.3 Å². The summed E-state index contributed by atoms with van der Waals surface area (Å²) in [5.74, 6) is 1.62. The van der Waals surface area contributed by atoms with Crippen LogP contribution < -0.4 is 5.32 Å². The molecule has 1 saturated heterocycles. The van der Waals surface area contributed by atoms with Crippen LogP contribution in [0.15, 0.2) is 35.5 Å². The molecule has 0 aliphatic carbocycles. The van der Waals surface area contributed by atoms with Crippen LogP contribution in [0.4, 0.5) is 0 Å². The molecule has 0 bridgehead atoms. The second kappa shape index (κ2) is 7.53. The van der Waals surface area contributed by atoms with E-state index >= 15 is 0 Å². The smallest absolute Gasteiger partial charge is 0.214 e. The Labute approximate surface area is 128 Å². The van der Waals surface area contributed by atoms with Gasteiger partial charge in [-0.3, -0.25) is 0 Å². The standard InChI is InChI=1S/C14H19N5OS/c1-2-4-13(5-3-1)19-14(16-17-18-19)21-9-7-15-10-12-6-8-20-11-12/h1-5,12,15H,6-11H2. The average Bonchev–Trinajstić information content (AvgIpc) is 3.19. The maximum atomic E-state index is 5.36. The van der Waals surface area contributed by atoms with Gasteiger partial charge in [0.15, 0.2) is 0 Å². The molecule has 1 N–H and O–H groups in total. The molecule has 112 valence electrons. The van der Waals surface area contributed by atoms with E-state index in [-0.39, 0.29) is 0 Å². The minimum atomic E-state index is 0.671. The van der Waals surface area contributed by atoms with Gasteiger partial charge < -0.3 is 10.1 Å². The summed E-state index contributed by atoms with van der Waals surface area (Å²) in [4.78, 5) is 0. The van der Waals surface area contributed by atoms with Crippen molar-refractivity contribution < 1.29 is 4.74 Å². The lowest BCUT2D eigenvalue weighted by Gasteiger charge is -2.08. The van der Waals surface area contributed by atoms with Crippen LogP contribution in [-0.4, -0.2) is 52.3 Å². The molecule has 1 atom stereocenters. The molecule has 1 aromatic heterocycles. The second-order valence-corrected chi connectivity index (χ2v) is 6.05. The van der Waals surface area contributed by atoms with Gasteiger partial charge in [0.25, 0.3) is 0 Å². The summed E-state index contributed by atoms with van der Waals surface area (Å²) in [5, 5.41) is 16.2. The Kier molecular flexibility index (Phi) is 5.20. The molecule has 1 aromatic carbocycles. The highest BCUT2D eigenvalue weighted by molar-refractivity contribution is 7.99. The summed E-state index contributed by atoms with van der Waals surface area (Å²) < 4.78 is 7.14. The second-order valence-electron chi connectivity index (χ2n) is 4.99. The molecule has 1 aliphatic rings. The number of tetrazole rings is 1. The zero-order valence-corrected chi connectivity index (χ0v) is 12.6. The van der Waals surface area contributed by atoms with E-state index in [0.29, 0.717) is 5.92 Å². The Morgan fingerprint density at radius 2 is 2.24 bits per heavy atom. The van der Waals surface area contributed by atoms with Gasteiger partial charge in [-0.15, -0.1) is 5.10 Å². The molecular weight excluding hydrogens is 286 g/mol. The normalized spacial score (nSPS) is 18.2. The molecule has 0 spiro atoms. The van der Waals surface area contributed by atoms with Crippen LogP contribution in [0.1, 0.15) is 6.42 Å². The summed E-state index contributed by atoms with van der Waals surface area (Å²) in [7, 11) is 0. The van der Waals surface area contributed by atoms with E-state index in [1.807, 2.05) is 30.3 Å². The van der Waals surface area contributed by atoms with Crippen molar-refractivity contribution in [1.82, 2.24) is 25.5 Å². The van der Waals surface area contributed by atoms with E-state index in [1.54, 1.807) is 16.4 Å². The number of nitrogens with one attached hydrogen (secondary N) is 1. The average molecular weight is 305 g/mol. The first kappa shape index (κ1) is 14.5. The van der Waals surface area contributed by atoms with Crippen LogP contribution in [0.5, 0.6) is 0 Å². The molecule has 1 fully saturated rings. The number of para-hydroxylation sites is 1. The molecule has 1 aliphatic heterocycles. The number of hydrogen-bond acceptors (Lipinski definition) is 6. The van der Waals surface area contributed by atoms with Gasteiger partial charge in [-0.2, -0.15) is 4.68 Å². The number of aromatic nitrogens is 4. The molecular formula is C14H19N5OS. The Hall–Kier alpha value is -1.44. The summed E-state index contributed by atoms with van der Waals surface area (Å²) in [6.07, 6.45) is 1.17. The fourth-order valence-corrected chi connectivity index (χ4v) is 3.05. The largest absolute Gasteiger partial charge is 0.381 e. The molecule has 7 heteroatoms. The summed E-state index contributed by atoms with van der Waals surface area (Å²) in [5.41, 5.74) is 0.987. The first-order chi connectivity index (χ1) is 10.4. The third-order valence-corrected chi connectivity index (χ3v) is 4.33. The highest BCUT2D eigenvalue weighted by Gasteiger charge is 2.14. The quantitative estimate of drug-likeness (QED) is 0.616. The first-order valence-electron chi connectivity index (χ1n) is 7.18. The number of rotatable bonds is 7. The van der Waals surface area contributed by atoms with Crippen LogP contribution in [0.2, 0.25) is 0 Å². The van der Waals surface area contributed by atoms with Crippen molar-refractivity contribution in [2.24, 2.45) is 5.92 Å². The minimum Gasteiger partial charge on any atom is -0.381 e. The van der Waals surface area contributed by atoms with Crippen molar-refractivity contribution in [2.45, 2.75) is 11.6 Å². The Morgan fingerprint density at radius 1 is 1.33 bits per heavy atom. The number of nitrogens with zero attached hydrogens (tertiary/aromatic N) is 4. The van der Waals surface area contributed by atoms with Gasteiger partial charge in [0.05, 0.1) is 12.3 Å². The first-order valence-corrected chi connectivity index (χ1v) is 8.17. The highest BCUT2D eigenvalue weighted by Crippen LogP contribution is 2.17. The monoisotopic (exact) mass is 305 g/mol. The molecule has 0 amide bonds. The van der Waals surface area contributed by atoms with Gasteiger partial charge in [-0.05, 0) is 34.9 Å². The van der Waals surface area contributed by atoms with Crippen LogP contribution in [0.3, 0.4) is 0 Å². The van der Waals surface area contributed by atoms with Crippen molar-refractivity contribution in [1.29, 1.82) is 0 Å². The van der Waals surface area contributed by atoms with Gasteiger partial charge in [0.2, 0.25) is 5.16 Å². The van der Waals surface area contributed by atoms with E-state index in [2.05, 4.69) is 20.8 Å². The van der Waals surface area contributed by atoms with Crippen molar-refractivity contribution in [2.75, 3.05) is 32.1 Å². The number of ether oxygens (including phenoxy) is 1. The van der Waals surface area contributed by atoms with Gasteiger partial charge in [-0.1, -0.05) is 30.0 Å². The van der Waals surface area contributed by atoms with Crippen LogP contribution in [0, 0.1) is 5.92 Å². The van der Waals surface area contributed by atoms with Crippen LogP contribution >= 0.6 is 11.8 Å². The fraction of sp³-hybridized carbons (Fsp3) is 0.500. The lowest BCUT2D eigenvalue weighted by Crippen LogP contribution is -2.25. The molecule has 0 saturated carbocycles. The van der Waals surface area contributed by atoms with Gasteiger partial charge >= 0.3 is 0 Å². The molecule has 0 radical (unpaired) electrons. The van der Waals surface area contributed by atoms with Crippen LogP contribution in [0.25, 0.3) is 5.69 Å². The third kappa shape index (κ3) is 4.03. The predicted molar refractivity (Wildman–Crippen MR) is 81.7 cm³/mol. The SMILES string of the molecule is c1ccc(-n2nnnc2SCCNCC2CCOC2)cc1. The lowest BCUT2D eigenvalue weighted by atomic mass is 10.1. The zero-order valence-electron chi connectivity index (χ0n) is 11.8. The molecule has 1 unspecified atom stereocenters. The molecule has 2 aromatic rings. The van der Waals surface area contributed by atoms with Crippen molar-refractivity contribution in [3.63, 3.8) is 0 Å². The van der Waals surface area contributed by atoms with E-state index in [4.69, 9.17) is 4.74 Å². The lowest BCUT2D eigenvalue weighted by molar-refractivity contribution is 0.185. The minimum absolute atomic E-state index is 0.671. The van der Waals surface area contributed by atoms with E-state index < -0.39 is 0 Å². The summed E-state index contributed by atoms with van der Waals surface area (Å²) in [6.45, 7) is 3.78. The Bertz CT molecular complexity index is 541. The number of hydrogen-bond donors (Lipinski definition) is 1. The van der Waals surface area contributed by atoms with Gasteiger partial charge in [-0.25, -0.2) is 0 Å². The van der Waals surface area contributed by atoms with Gasteiger partial charge in [0.1, 0.15) is 0 Å². The maximum Gasteiger partial charge on any atom is 0.214 e. The van der Waals surface area contributed by atoms with E-state index in [1.165, 1.54) is 6.42 Å². The van der Waals surface area contributed by atoms with Gasteiger partial charge in [0, 0.05) is 25.4 Å². The molecule has 3 rings (SSSR count). The number of benzene rings is 1. The Balaban J connectivity index is 1.44. The van der Waals surface area contributed by atoms with Crippen LogP contribution in [-0.2, 0) is 4.74 Å². The molecule has 2 heterocycles. The van der Waals surface area contributed by atoms with Crippen molar-refractivity contribution >= 4 is 11.8 Å². The van der Waals surface area contributed by atoms with E-state index in [9.17, 15) is 0 Å². The zero-order chi connectivity index (χ0) is 14.3. The predicted octanol–water partition coefficient (Wildman–Crippen LogP) is 1.38. The fourth-order valence-electron chi connectivity index (χ4n) is 2.27. The van der Waals surface area contributed by atoms with E-state index in [0.717, 1.165) is 42.9 Å². The Morgan fingerprint density at radius 3 is 3.05 bits per heavy atom.